The number of halogens is 1. The van der Waals surface area contributed by atoms with Crippen molar-refractivity contribution in [2.45, 2.75) is 19.6 Å². The molecule has 1 aromatic carbocycles. The van der Waals surface area contributed by atoms with Crippen LogP contribution in [0.25, 0.3) is 0 Å². The van der Waals surface area contributed by atoms with Crippen molar-refractivity contribution in [3.05, 3.63) is 51.2 Å². The highest BCUT2D eigenvalue weighted by Crippen LogP contribution is 2.22. The summed E-state index contributed by atoms with van der Waals surface area (Å²) in [5.74, 6) is 0.793. The molecule has 0 amide bonds. The summed E-state index contributed by atoms with van der Waals surface area (Å²) in [5.41, 5.74) is 1.15. The molecule has 5 heteroatoms. The molecule has 21 heavy (non-hydrogen) atoms. The normalized spacial score (nSPS) is 12.6. The average molecular weight is 326 g/mol. The van der Waals surface area contributed by atoms with E-state index in [0.717, 1.165) is 22.2 Å². The molecule has 2 rings (SSSR count). The lowest BCUT2D eigenvalue weighted by atomic mass is 10.2. The van der Waals surface area contributed by atoms with Crippen LogP contribution in [0.2, 0.25) is 4.34 Å². The highest BCUT2D eigenvalue weighted by atomic mass is 35.5. The van der Waals surface area contributed by atoms with E-state index in [1.807, 2.05) is 50.4 Å². The fourth-order valence-corrected chi connectivity index (χ4v) is 3.25. The number of aliphatic hydroxyl groups excluding tert-OH is 1. The zero-order valence-corrected chi connectivity index (χ0v) is 13.8. The van der Waals surface area contributed by atoms with Gasteiger partial charge >= 0.3 is 0 Å². The first-order chi connectivity index (χ1) is 10.0. The number of likely N-dealkylation sites (N-methyl/N-ethyl adjacent to an activating group) is 1. The van der Waals surface area contributed by atoms with Crippen LogP contribution in [0.4, 0.5) is 0 Å². The number of hydrogen-bond acceptors (Lipinski definition) is 4. The topological polar surface area (TPSA) is 32.7 Å². The first-order valence-corrected chi connectivity index (χ1v) is 8.02. The van der Waals surface area contributed by atoms with Crippen LogP contribution in [-0.4, -0.2) is 36.3 Å². The van der Waals surface area contributed by atoms with E-state index in [2.05, 4.69) is 4.90 Å². The highest BCUT2D eigenvalue weighted by Gasteiger charge is 2.10. The van der Waals surface area contributed by atoms with E-state index in [-0.39, 0.29) is 0 Å². The molecular formula is C16H20ClNO2S. The third-order valence-corrected chi connectivity index (χ3v) is 4.22. The Hall–Kier alpha value is -1.07. The molecule has 1 unspecified atom stereocenters. The van der Waals surface area contributed by atoms with Gasteiger partial charge < -0.3 is 9.84 Å². The lowest BCUT2D eigenvalue weighted by Gasteiger charge is -2.20. The molecule has 0 aliphatic rings. The van der Waals surface area contributed by atoms with Crippen LogP contribution in [0.3, 0.4) is 0 Å². The van der Waals surface area contributed by atoms with Crippen molar-refractivity contribution in [3.8, 4) is 5.75 Å². The minimum Gasteiger partial charge on any atom is -0.491 e. The quantitative estimate of drug-likeness (QED) is 0.844. The summed E-state index contributed by atoms with van der Waals surface area (Å²) in [4.78, 5) is 3.25. The number of hydrogen-bond donors (Lipinski definition) is 1. The Morgan fingerprint density at radius 3 is 2.81 bits per heavy atom. The monoisotopic (exact) mass is 325 g/mol. The van der Waals surface area contributed by atoms with E-state index in [1.165, 1.54) is 4.88 Å². The van der Waals surface area contributed by atoms with Gasteiger partial charge in [0.1, 0.15) is 18.5 Å². The Balaban J connectivity index is 1.74. The van der Waals surface area contributed by atoms with Crippen LogP contribution in [0.1, 0.15) is 10.4 Å². The van der Waals surface area contributed by atoms with Gasteiger partial charge in [0.15, 0.2) is 0 Å². The van der Waals surface area contributed by atoms with Crippen LogP contribution < -0.4 is 4.74 Å². The SMILES string of the molecule is Cc1cccc(OCC(O)CN(C)Cc2ccc(Cl)s2)c1. The smallest absolute Gasteiger partial charge is 0.119 e. The standard InChI is InChI=1S/C16H20ClNO2S/c1-12-4-3-5-14(8-12)20-11-13(19)9-18(2)10-15-6-7-16(17)21-15/h3-8,13,19H,9-11H2,1-2H3. The molecule has 0 aliphatic heterocycles. The van der Waals surface area contributed by atoms with Crippen molar-refractivity contribution >= 4 is 22.9 Å². The molecule has 1 N–H and O–H groups in total. The number of rotatable bonds is 7. The van der Waals surface area contributed by atoms with Crippen molar-refractivity contribution in [1.82, 2.24) is 4.90 Å². The number of thiophene rings is 1. The number of aliphatic hydroxyl groups is 1. The van der Waals surface area contributed by atoms with E-state index in [0.29, 0.717) is 13.2 Å². The van der Waals surface area contributed by atoms with Crippen molar-refractivity contribution in [2.75, 3.05) is 20.2 Å². The second-order valence-corrected chi connectivity index (χ2v) is 6.98. The second-order valence-electron chi connectivity index (χ2n) is 5.18. The Morgan fingerprint density at radius 2 is 2.14 bits per heavy atom. The van der Waals surface area contributed by atoms with E-state index >= 15 is 0 Å². The lowest BCUT2D eigenvalue weighted by Crippen LogP contribution is -2.32. The van der Waals surface area contributed by atoms with E-state index < -0.39 is 6.10 Å². The van der Waals surface area contributed by atoms with Crippen molar-refractivity contribution in [3.63, 3.8) is 0 Å². The summed E-state index contributed by atoms with van der Waals surface area (Å²) in [5, 5.41) is 10.0. The predicted molar refractivity (Wildman–Crippen MR) is 88.3 cm³/mol. The molecular weight excluding hydrogens is 306 g/mol. The molecule has 0 fully saturated rings. The largest absolute Gasteiger partial charge is 0.491 e. The molecule has 0 saturated heterocycles. The molecule has 2 aromatic rings. The van der Waals surface area contributed by atoms with Crippen LogP contribution in [0.15, 0.2) is 36.4 Å². The number of benzene rings is 1. The molecule has 0 saturated carbocycles. The summed E-state index contributed by atoms with van der Waals surface area (Å²) >= 11 is 7.48. The molecule has 0 aliphatic carbocycles. The maximum Gasteiger partial charge on any atom is 0.119 e. The fourth-order valence-electron chi connectivity index (χ4n) is 2.08. The Labute approximate surface area is 134 Å². The van der Waals surface area contributed by atoms with Gasteiger partial charge in [-0.15, -0.1) is 11.3 Å². The highest BCUT2D eigenvalue weighted by molar-refractivity contribution is 7.16. The fraction of sp³-hybridized carbons (Fsp3) is 0.375. The van der Waals surface area contributed by atoms with E-state index in [1.54, 1.807) is 11.3 Å². The van der Waals surface area contributed by atoms with Gasteiger partial charge in [-0.2, -0.15) is 0 Å². The number of aryl methyl sites for hydroxylation is 1. The van der Waals surface area contributed by atoms with Crippen LogP contribution in [-0.2, 0) is 6.54 Å². The predicted octanol–water partition coefficient (Wildman–Crippen LogP) is 3.58. The molecule has 0 bridgehead atoms. The first-order valence-electron chi connectivity index (χ1n) is 6.83. The Bertz CT molecular complexity index is 573. The average Bonchev–Trinajstić information content (AvgIpc) is 2.81. The van der Waals surface area contributed by atoms with Gasteiger partial charge in [0.05, 0.1) is 4.34 Å². The minimum absolute atomic E-state index is 0.291. The van der Waals surface area contributed by atoms with Gasteiger partial charge in [0, 0.05) is 18.0 Å². The van der Waals surface area contributed by atoms with Gasteiger partial charge in [-0.3, -0.25) is 4.90 Å². The molecule has 1 aromatic heterocycles. The summed E-state index contributed by atoms with van der Waals surface area (Å²) in [6, 6.07) is 11.7. The summed E-state index contributed by atoms with van der Waals surface area (Å²) in [6.45, 7) is 3.64. The van der Waals surface area contributed by atoms with Gasteiger partial charge in [-0.1, -0.05) is 23.7 Å². The third-order valence-electron chi connectivity index (χ3n) is 3.01. The zero-order valence-electron chi connectivity index (χ0n) is 12.3. The third kappa shape index (κ3) is 5.67. The van der Waals surface area contributed by atoms with Gasteiger partial charge in [0.25, 0.3) is 0 Å². The van der Waals surface area contributed by atoms with Crippen LogP contribution in [0.5, 0.6) is 5.75 Å². The second kappa shape index (κ2) is 7.80. The molecule has 114 valence electrons. The minimum atomic E-state index is -0.522. The lowest BCUT2D eigenvalue weighted by molar-refractivity contribution is 0.0746. The number of nitrogens with zero attached hydrogens (tertiary/aromatic N) is 1. The van der Waals surface area contributed by atoms with E-state index in [4.69, 9.17) is 16.3 Å². The van der Waals surface area contributed by atoms with E-state index in [9.17, 15) is 5.11 Å². The summed E-state index contributed by atoms with van der Waals surface area (Å²) < 4.78 is 6.40. The van der Waals surface area contributed by atoms with Gasteiger partial charge in [-0.05, 0) is 43.8 Å². The maximum absolute atomic E-state index is 10.0. The van der Waals surface area contributed by atoms with Crippen LogP contribution >= 0.6 is 22.9 Å². The van der Waals surface area contributed by atoms with Crippen LogP contribution in [0, 0.1) is 6.92 Å². The molecule has 0 spiro atoms. The molecule has 1 atom stereocenters. The van der Waals surface area contributed by atoms with Crippen molar-refractivity contribution < 1.29 is 9.84 Å². The first kappa shape index (κ1) is 16.3. The van der Waals surface area contributed by atoms with Crippen molar-refractivity contribution in [2.24, 2.45) is 0 Å². The van der Waals surface area contributed by atoms with Gasteiger partial charge in [-0.25, -0.2) is 0 Å². The van der Waals surface area contributed by atoms with Crippen molar-refractivity contribution in [1.29, 1.82) is 0 Å². The molecule has 3 nitrogen and oxygen atoms in total. The summed E-state index contributed by atoms with van der Waals surface area (Å²) in [6.07, 6.45) is -0.522. The summed E-state index contributed by atoms with van der Waals surface area (Å²) in [7, 11) is 1.98. The Kier molecular flexibility index (Phi) is 6.06. The number of ether oxygens (including phenoxy) is 1. The van der Waals surface area contributed by atoms with Gasteiger partial charge in [0.2, 0.25) is 0 Å². The molecule has 0 radical (unpaired) electrons. The zero-order chi connectivity index (χ0) is 15.2. The molecule has 1 heterocycles. The Morgan fingerprint density at radius 1 is 1.33 bits per heavy atom. The maximum atomic E-state index is 10.0.